The number of benzene rings is 1. The van der Waals surface area contributed by atoms with Gasteiger partial charge in [-0.15, -0.1) is 0 Å². The second-order valence-electron chi connectivity index (χ2n) is 10.1. The van der Waals surface area contributed by atoms with Crippen molar-refractivity contribution in [3.8, 4) is 11.4 Å². The van der Waals surface area contributed by atoms with Crippen LogP contribution in [0.15, 0.2) is 30.5 Å². The van der Waals surface area contributed by atoms with Crippen LogP contribution in [0.5, 0.6) is 0 Å². The number of piperidine rings is 1. The van der Waals surface area contributed by atoms with Crippen molar-refractivity contribution in [2.24, 2.45) is 0 Å². The smallest absolute Gasteiger partial charge is 0.318 e. The summed E-state index contributed by atoms with van der Waals surface area (Å²) in [5.74, 6) is 1.50. The van der Waals surface area contributed by atoms with E-state index >= 15 is 0 Å². The first-order chi connectivity index (χ1) is 18.5. The molecule has 1 saturated carbocycles. The van der Waals surface area contributed by atoms with Gasteiger partial charge in [0.1, 0.15) is 5.82 Å². The van der Waals surface area contributed by atoms with Gasteiger partial charge in [0.2, 0.25) is 0 Å². The number of fused-ring (bicyclic) bond motifs is 1. The molecule has 38 heavy (non-hydrogen) atoms. The summed E-state index contributed by atoms with van der Waals surface area (Å²) in [6.07, 6.45) is 8.45. The predicted octanol–water partition coefficient (Wildman–Crippen LogP) is 4.75. The number of carbonyl (C=O) groups excluding carboxylic acids is 1. The number of urea groups is 1. The highest BCUT2D eigenvalue weighted by molar-refractivity contribution is 5.90. The Balaban J connectivity index is 0.00000107. The normalized spacial score (nSPS) is 21.5. The number of amides is 2. The van der Waals surface area contributed by atoms with Crippen molar-refractivity contribution in [2.75, 3.05) is 37.5 Å². The van der Waals surface area contributed by atoms with E-state index in [4.69, 9.17) is 19.8 Å². The van der Waals surface area contributed by atoms with Gasteiger partial charge in [0, 0.05) is 38.5 Å². The van der Waals surface area contributed by atoms with Crippen molar-refractivity contribution in [3.63, 3.8) is 0 Å². The third-order valence-electron chi connectivity index (χ3n) is 7.08. The summed E-state index contributed by atoms with van der Waals surface area (Å²) in [6.45, 7) is 5.93. The number of aliphatic hydroxyl groups is 1. The number of hydrogen-bond donors (Lipinski definition) is 3. The van der Waals surface area contributed by atoms with Gasteiger partial charge in [-0.2, -0.15) is 5.10 Å². The van der Waals surface area contributed by atoms with Crippen LogP contribution in [0, 0.1) is 0 Å². The number of ether oxygens (including phenoxy) is 1. The number of anilines is 2. The number of aliphatic hydroxyl groups excluding tert-OH is 1. The number of nitrogens with one attached hydrogen (secondary N) is 2. The van der Waals surface area contributed by atoms with E-state index in [2.05, 4.69) is 29.4 Å². The number of methoxy groups -OCH3 is 1. The summed E-state index contributed by atoms with van der Waals surface area (Å²) in [5.41, 5.74) is 2.38. The molecule has 5 rings (SSSR count). The number of hydrogen-bond acceptors (Lipinski definition) is 7. The van der Waals surface area contributed by atoms with Crippen LogP contribution < -0.4 is 15.5 Å². The fraction of sp³-hybridized carbons (Fsp3) is 0.571. The molecule has 2 amide bonds. The molecule has 1 aromatic carbocycles. The fourth-order valence-electron chi connectivity index (χ4n) is 5.07. The van der Waals surface area contributed by atoms with Crippen LogP contribution >= 0.6 is 0 Å². The van der Waals surface area contributed by atoms with Gasteiger partial charge in [-0.3, -0.25) is 0 Å². The Hall–Kier alpha value is -3.24. The number of nitrogens with zero attached hydrogens (tertiary/aromatic N) is 5. The van der Waals surface area contributed by atoms with Crippen LogP contribution in [-0.4, -0.2) is 70.3 Å². The monoisotopic (exact) mass is 523 g/mol. The molecule has 1 aliphatic heterocycles. The third-order valence-corrected chi connectivity index (χ3v) is 7.08. The first-order valence-corrected chi connectivity index (χ1v) is 13.8. The fourth-order valence-corrected chi connectivity index (χ4v) is 5.07. The van der Waals surface area contributed by atoms with Crippen molar-refractivity contribution in [3.05, 3.63) is 30.5 Å². The molecular weight excluding hydrogens is 482 g/mol. The molecular formula is C28H41N7O3. The van der Waals surface area contributed by atoms with Gasteiger partial charge >= 0.3 is 6.03 Å². The van der Waals surface area contributed by atoms with Crippen LogP contribution in [0.2, 0.25) is 0 Å². The Morgan fingerprint density at radius 2 is 1.82 bits per heavy atom. The van der Waals surface area contributed by atoms with Gasteiger partial charge < -0.3 is 25.4 Å². The van der Waals surface area contributed by atoms with Crippen molar-refractivity contribution < 1.29 is 14.6 Å². The van der Waals surface area contributed by atoms with Crippen molar-refractivity contribution in [1.82, 2.24) is 25.1 Å². The van der Waals surface area contributed by atoms with E-state index in [0.717, 1.165) is 74.0 Å². The predicted molar refractivity (Wildman–Crippen MR) is 151 cm³/mol. The molecule has 2 aliphatic rings. The molecule has 10 heteroatoms. The minimum Gasteiger partial charge on any atom is -0.393 e. The van der Waals surface area contributed by atoms with Crippen LogP contribution in [0.25, 0.3) is 22.4 Å². The third kappa shape index (κ3) is 6.42. The van der Waals surface area contributed by atoms with E-state index in [-0.39, 0.29) is 24.3 Å². The van der Waals surface area contributed by atoms with E-state index in [1.54, 1.807) is 14.2 Å². The van der Waals surface area contributed by atoms with E-state index in [1.807, 2.05) is 35.1 Å². The molecule has 2 aromatic heterocycles. The lowest BCUT2D eigenvalue weighted by Crippen LogP contribution is -2.39. The van der Waals surface area contributed by atoms with Gasteiger partial charge in [-0.1, -0.05) is 20.3 Å². The lowest BCUT2D eigenvalue weighted by Gasteiger charge is -2.33. The van der Waals surface area contributed by atoms with Crippen LogP contribution in [-0.2, 0) is 4.74 Å². The molecule has 3 heterocycles. The van der Waals surface area contributed by atoms with Crippen LogP contribution in [0.1, 0.15) is 64.8 Å². The van der Waals surface area contributed by atoms with E-state index < -0.39 is 0 Å². The standard InChI is InChI=1S/C25H33N7O3.C3H8/c1-26-25(34)28-17-7-5-16(6-8-17)22-29-23(31-13-3-4-20(15-31)35-2)21-14-27-32(24(21)30-22)18-9-11-19(33)12-10-18;1-3-2/h5-8,14,18-20,33H,3-4,9-13,15H2,1-2H3,(H2,26,28,34);3H2,1-2H3. The van der Waals surface area contributed by atoms with Gasteiger partial charge in [-0.05, 0) is 62.8 Å². The van der Waals surface area contributed by atoms with E-state index in [1.165, 1.54) is 6.42 Å². The molecule has 10 nitrogen and oxygen atoms in total. The molecule has 1 unspecified atom stereocenters. The zero-order valence-corrected chi connectivity index (χ0v) is 23.0. The highest BCUT2D eigenvalue weighted by Crippen LogP contribution is 2.35. The quantitative estimate of drug-likeness (QED) is 0.442. The lowest BCUT2D eigenvalue weighted by molar-refractivity contribution is 0.0892. The Kier molecular flexibility index (Phi) is 9.52. The van der Waals surface area contributed by atoms with Crippen LogP contribution in [0.3, 0.4) is 0 Å². The largest absolute Gasteiger partial charge is 0.393 e. The minimum atomic E-state index is -0.267. The average Bonchev–Trinajstić information content (AvgIpc) is 3.38. The zero-order valence-electron chi connectivity index (χ0n) is 23.0. The summed E-state index contributed by atoms with van der Waals surface area (Å²) < 4.78 is 7.69. The maximum atomic E-state index is 11.6. The lowest BCUT2D eigenvalue weighted by atomic mass is 9.93. The summed E-state index contributed by atoms with van der Waals surface area (Å²) in [7, 11) is 3.35. The van der Waals surface area contributed by atoms with Crippen molar-refractivity contribution >= 4 is 28.6 Å². The number of aromatic nitrogens is 4. The molecule has 0 spiro atoms. The maximum absolute atomic E-state index is 11.6. The molecule has 206 valence electrons. The van der Waals surface area contributed by atoms with Gasteiger partial charge in [0.25, 0.3) is 0 Å². The average molecular weight is 524 g/mol. The summed E-state index contributed by atoms with van der Waals surface area (Å²) in [4.78, 5) is 23.9. The SMILES string of the molecule is CCC.CNC(=O)Nc1ccc(-c2nc(N3CCCC(OC)C3)c3cnn(C4CCC(O)CC4)c3n2)cc1. The second kappa shape index (κ2) is 13.0. The molecule has 3 N–H and O–H groups in total. The van der Waals surface area contributed by atoms with Crippen molar-refractivity contribution in [2.45, 2.75) is 77.0 Å². The van der Waals surface area contributed by atoms with E-state index in [0.29, 0.717) is 11.5 Å². The summed E-state index contributed by atoms with van der Waals surface area (Å²) >= 11 is 0. The Morgan fingerprint density at radius 3 is 2.47 bits per heavy atom. The van der Waals surface area contributed by atoms with Gasteiger partial charge in [0.05, 0.1) is 29.8 Å². The first kappa shape index (κ1) is 27.8. The summed E-state index contributed by atoms with van der Waals surface area (Å²) in [5, 5.41) is 21.0. The molecule has 0 radical (unpaired) electrons. The number of rotatable bonds is 5. The second-order valence-corrected chi connectivity index (χ2v) is 10.1. The molecule has 1 saturated heterocycles. The molecule has 1 atom stereocenters. The Bertz CT molecular complexity index is 1190. The molecule has 3 aromatic rings. The first-order valence-electron chi connectivity index (χ1n) is 13.8. The topological polar surface area (TPSA) is 117 Å². The highest BCUT2D eigenvalue weighted by Gasteiger charge is 2.27. The Morgan fingerprint density at radius 1 is 1.11 bits per heavy atom. The van der Waals surface area contributed by atoms with Gasteiger partial charge in [0.15, 0.2) is 11.5 Å². The van der Waals surface area contributed by atoms with Crippen molar-refractivity contribution in [1.29, 1.82) is 0 Å². The van der Waals surface area contributed by atoms with Gasteiger partial charge in [-0.25, -0.2) is 19.4 Å². The summed E-state index contributed by atoms with van der Waals surface area (Å²) in [6, 6.07) is 7.47. The van der Waals surface area contributed by atoms with E-state index in [9.17, 15) is 9.90 Å². The highest BCUT2D eigenvalue weighted by atomic mass is 16.5. The number of carbonyl (C=O) groups is 1. The Labute approximate surface area is 224 Å². The molecule has 2 fully saturated rings. The molecule has 1 aliphatic carbocycles. The van der Waals surface area contributed by atoms with Crippen LogP contribution in [0.4, 0.5) is 16.3 Å². The molecule has 0 bridgehead atoms. The zero-order chi connectivity index (χ0) is 27.1. The minimum absolute atomic E-state index is 0.169. The maximum Gasteiger partial charge on any atom is 0.318 e.